The third kappa shape index (κ3) is 2.28. The van der Waals surface area contributed by atoms with Gasteiger partial charge in [0.15, 0.2) is 5.17 Å². The van der Waals surface area contributed by atoms with E-state index in [1.54, 1.807) is 11.3 Å². The first-order valence-electron chi connectivity index (χ1n) is 5.87. The number of nitrogens with one attached hydrogen (secondary N) is 1. The molecular weight excluding hydrogens is 236 g/mol. The Bertz CT molecular complexity index is 372. The van der Waals surface area contributed by atoms with Crippen LogP contribution in [-0.2, 0) is 6.54 Å². The number of thioether (sulfide) groups is 1. The molecule has 2 unspecified atom stereocenters. The van der Waals surface area contributed by atoms with Gasteiger partial charge in [0.2, 0.25) is 0 Å². The fourth-order valence-corrected chi connectivity index (χ4v) is 4.27. The minimum Gasteiger partial charge on any atom is -0.362 e. The molecule has 0 aromatic carbocycles. The highest BCUT2D eigenvalue weighted by molar-refractivity contribution is 8.13. The van der Waals surface area contributed by atoms with Gasteiger partial charge in [-0.3, -0.25) is 4.99 Å². The van der Waals surface area contributed by atoms with Crippen molar-refractivity contribution in [3.05, 3.63) is 22.4 Å². The van der Waals surface area contributed by atoms with Crippen molar-refractivity contribution in [1.29, 1.82) is 0 Å². The lowest BCUT2D eigenvalue weighted by Crippen LogP contribution is -2.41. The Kier molecular flexibility index (Phi) is 3.20. The van der Waals surface area contributed by atoms with Crippen molar-refractivity contribution in [1.82, 2.24) is 5.32 Å². The van der Waals surface area contributed by atoms with Crippen LogP contribution in [0.15, 0.2) is 21.8 Å². The molecule has 1 aliphatic heterocycles. The van der Waals surface area contributed by atoms with E-state index < -0.39 is 0 Å². The second kappa shape index (κ2) is 4.80. The Balaban J connectivity index is 1.61. The number of aliphatic imine (C=N–C) groups is 1. The molecule has 2 aliphatic rings. The third-order valence-electron chi connectivity index (χ3n) is 3.39. The lowest BCUT2D eigenvalue weighted by molar-refractivity contribution is 0.489. The van der Waals surface area contributed by atoms with Crippen molar-refractivity contribution < 1.29 is 0 Å². The van der Waals surface area contributed by atoms with Gasteiger partial charge in [-0.25, -0.2) is 0 Å². The van der Waals surface area contributed by atoms with Crippen molar-refractivity contribution in [3.63, 3.8) is 0 Å². The summed E-state index contributed by atoms with van der Waals surface area (Å²) in [4.78, 5) is 4.66. The van der Waals surface area contributed by atoms with Crippen LogP contribution in [0.2, 0.25) is 0 Å². The Morgan fingerprint density at radius 1 is 1.44 bits per heavy atom. The zero-order chi connectivity index (χ0) is 10.8. The average molecular weight is 252 g/mol. The van der Waals surface area contributed by atoms with Crippen LogP contribution in [0.3, 0.4) is 0 Å². The first kappa shape index (κ1) is 10.7. The van der Waals surface area contributed by atoms with E-state index in [0.717, 1.165) is 17.6 Å². The first-order chi connectivity index (χ1) is 7.92. The maximum Gasteiger partial charge on any atom is 0.157 e. The molecule has 0 spiro atoms. The predicted octanol–water partition coefficient (Wildman–Crippen LogP) is 3.11. The lowest BCUT2D eigenvalue weighted by atomic mass is 10.1. The van der Waals surface area contributed by atoms with Crippen LogP contribution in [0.5, 0.6) is 0 Å². The maximum atomic E-state index is 4.66. The summed E-state index contributed by atoms with van der Waals surface area (Å²) >= 11 is 3.65. The van der Waals surface area contributed by atoms with Gasteiger partial charge in [0.25, 0.3) is 0 Å². The van der Waals surface area contributed by atoms with Crippen molar-refractivity contribution in [2.24, 2.45) is 10.9 Å². The van der Waals surface area contributed by atoms with Crippen molar-refractivity contribution in [3.8, 4) is 0 Å². The van der Waals surface area contributed by atoms with Crippen LogP contribution in [-0.4, -0.2) is 17.0 Å². The van der Waals surface area contributed by atoms with Crippen LogP contribution in [0.1, 0.15) is 24.8 Å². The molecule has 2 fully saturated rings. The van der Waals surface area contributed by atoms with Gasteiger partial charge in [-0.1, -0.05) is 18.2 Å². The van der Waals surface area contributed by atoms with Gasteiger partial charge in [0.05, 0.1) is 6.54 Å². The molecular formula is C12H16N2S2. The summed E-state index contributed by atoms with van der Waals surface area (Å²) in [5, 5.41) is 9.05. The smallest absolute Gasteiger partial charge is 0.157 e. The Morgan fingerprint density at radius 3 is 3.31 bits per heavy atom. The summed E-state index contributed by atoms with van der Waals surface area (Å²) in [6.07, 6.45) is 4.13. The second-order valence-corrected chi connectivity index (χ2v) is 6.29. The van der Waals surface area contributed by atoms with Gasteiger partial charge in [-0.2, -0.15) is 11.3 Å². The van der Waals surface area contributed by atoms with Crippen LogP contribution >= 0.6 is 23.1 Å². The quantitative estimate of drug-likeness (QED) is 0.874. The SMILES string of the molecule is c1cc(CN=C2NC3CCCC3CS2)cs1. The van der Waals surface area contributed by atoms with E-state index in [2.05, 4.69) is 27.1 Å². The molecule has 3 rings (SSSR count). The fraction of sp³-hybridized carbons (Fsp3) is 0.583. The molecule has 4 heteroatoms. The molecule has 86 valence electrons. The molecule has 0 bridgehead atoms. The van der Waals surface area contributed by atoms with Crippen LogP contribution in [0.4, 0.5) is 0 Å². The summed E-state index contributed by atoms with van der Waals surface area (Å²) in [5.74, 6) is 2.16. The summed E-state index contributed by atoms with van der Waals surface area (Å²) in [5.41, 5.74) is 1.33. The largest absolute Gasteiger partial charge is 0.362 e. The fourth-order valence-electron chi connectivity index (χ4n) is 2.45. The van der Waals surface area contributed by atoms with E-state index in [0.29, 0.717) is 6.04 Å². The average Bonchev–Trinajstić information content (AvgIpc) is 2.97. The number of rotatable bonds is 2. The van der Waals surface area contributed by atoms with Gasteiger partial charge in [-0.15, -0.1) is 0 Å². The van der Waals surface area contributed by atoms with Crippen LogP contribution in [0.25, 0.3) is 0 Å². The van der Waals surface area contributed by atoms with Gasteiger partial charge < -0.3 is 5.32 Å². The van der Waals surface area contributed by atoms with Crippen molar-refractivity contribution in [2.45, 2.75) is 31.8 Å². The van der Waals surface area contributed by atoms with Crippen molar-refractivity contribution in [2.75, 3.05) is 5.75 Å². The number of fused-ring (bicyclic) bond motifs is 1. The number of hydrogen-bond acceptors (Lipinski definition) is 3. The molecule has 1 saturated carbocycles. The molecule has 1 N–H and O–H groups in total. The van der Waals surface area contributed by atoms with E-state index in [1.165, 1.54) is 30.6 Å². The van der Waals surface area contributed by atoms with E-state index in [9.17, 15) is 0 Å². The van der Waals surface area contributed by atoms with Gasteiger partial charge in [0.1, 0.15) is 0 Å². The normalized spacial score (nSPS) is 31.4. The first-order valence-corrected chi connectivity index (χ1v) is 7.79. The summed E-state index contributed by atoms with van der Waals surface area (Å²) in [6, 6.07) is 2.86. The number of nitrogens with zero attached hydrogens (tertiary/aromatic N) is 1. The maximum absolute atomic E-state index is 4.66. The van der Waals surface area contributed by atoms with Crippen LogP contribution in [0, 0.1) is 5.92 Å². The summed E-state index contributed by atoms with van der Waals surface area (Å²) in [6.45, 7) is 0.830. The minimum absolute atomic E-state index is 0.711. The topological polar surface area (TPSA) is 24.4 Å². The van der Waals surface area contributed by atoms with Gasteiger partial charge >= 0.3 is 0 Å². The molecule has 2 nitrogen and oxygen atoms in total. The molecule has 1 saturated heterocycles. The highest BCUT2D eigenvalue weighted by Gasteiger charge is 2.31. The Labute approximate surface area is 105 Å². The monoisotopic (exact) mass is 252 g/mol. The van der Waals surface area contributed by atoms with Gasteiger partial charge in [-0.05, 0) is 41.1 Å². The van der Waals surface area contributed by atoms with E-state index in [1.807, 2.05) is 11.8 Å². The van der Waals surface area contributed by atoms with Gasteiger partial charge in [0, 0.05) is 11.8 Å². The molecule has 2 heterocycles. The zero-order valence-corrected chi connectivity index (χ0v) is 10.8. The van der Waals surface area contributed by atoms with E-state index in [4.69, 9.17) is 0 Å². The molecule has 2 atom stereocenters. The number of amidine groups is 1. The van der Waals surface area contributed by atoms with E-state index >= 15 is 0 Å². The summed E-state index contributed by atoms with van der Waals surface area (Å²) < 4.78 is 0. The highest BCUT2D eigenvalue weighted by Crippen LogP contribution is 2.32. The lowest BCUT2D eigenvalue weighted by Gasteiger charge is -2.27. The third-order valence-corrected chi connectivity index (χ3v) is 5.23. The molecule has 0 amide bonds. The standard InChI is InChI=1S/C12H16N2S2/c1-2-10-8-16-12(14-11(10)3-1)13-6-9-4-5-15-7-9/h4-5,7,10-11H,1-3,6,8H2,(H,13,14). The summed E-state index contributed by atoms with van der Waals surface area (Å²) in [7, 11) is 0. The molecule has 1 aliphatic carbocycles. The highest BCUT2D eigenvalue weighted by atomic mass is 32.2. The molecule has 1 aromatic rings. The Hall–Kier alpha value is -0.480. The van der Waals surface area contributed by atoms with Crippen molar-refractivity contribution >= 4 is 28.3 Å². The number of thiophene rings is 1. The van der Waals surface area contributed by atoms with Crippen LogP contribution < -0.4 is 5.32 Å². The number of hydrogen-bond donors (Lipinski definition) is 1. The predicted molar refractivity (Wildman–Crippen MR) is 72.2 cm³/mol. The zero-order valence-electron chi connectivity index (χ0n) is 9.19. The van der Waals surface area contributed by atoms with E-state index in [-0.39, 0.29) is 0 Å². The molecule has 0 radical (unpaired) electrons. The Morgan fingerprint density at radius 2 is 2.44 bits per heavy atom. The minimum atomic E-state index is 0.711. The second-order valence-electron chi connectivity index (χ2n) is 4.51. The molecule has 1 aromatic heterocycles. The molecule has 16 heavy (non-hydrogen) atoms.